The third-order valence-corrected chi connectivity index (χ3v) is 3.62. The molecule has 0 unspecified atom stereocenters. The highest BCUT2D eigenvalue weighted by atomic mass is 14.7. The van der Waals surface area contributed by atoms with Gasteiger partial charge in [-0.2, -0.15) is 0 Å². The zero-order valence-corrected chi connectivity index (χ0v) is 11.5. The Morgan fingerprint density at radius 1 is 0.833 bits per heavy atom. The van der Waals surface area contributed by atoms with E-state index in [9.17, 15) is 0 Å². The first-order valence-electron chi connectivity index (χ1n) is 6.48. The van der Waals surface area contributed by atoms with Crippen molar-refractivity contribution in [2.75, 3.05) is 0 Å². The lowest BCUT2D eigenvalue weighted by Gasteiger charge is -2.18. The average molecular weight is 237 g/mol. The van der Waals surface area contributed by atoms with Crippen LogP contribution in [0.2, 0.25) is 0 Å². The van der Waals surface area contributed by atoms with E-state index in [1.807, 2.05) is 0 Å². The quantitative estimate of drug-likeness (QED) is 0.570. The van der Waals surface area contributed by atoms with Crippen LogP contribution in [0.25, 0.3) is 21.8 Å². The maximum absolute atomic E-state index is 3.48. The second kappa shape index (κ2) is 3.61. The molecule has 3 rings (SSSR count). The molecular formula is C17H19N. The number of aryl methyl sites for hydroxylation is 1. The van der Waals surface area contributed by atoms with Gasteiger partial charge in [-0.1, -0.05) is 38.5 Å². The first-order valence-corrected chi connectivity index (χ1v) is 6.48. The average Bonchev–Trinajstić information content (AvgIpc) is 2.65. The second-order valence-electron chi connectivity index (χ2n) is 6.18. The summed E-state index contributed by atoms with van der Waals surface area (Å²) in [5.74, 6) is 0. The van der Waals surface area contributed by atoms with Gasteiger partial charge in [0, 0.05) is 21.8 Å². The van der Waals surface area contributed by atoms with E-state index in [4.69, 9.17) is 0 Å². The molecule has 0 aliphatic rings. The summed E-state index contributed by atoms with van der Waals surface area (Å²) in [5.41, 5.74) is 5.34. The van der Waals surface area contributed by atoms with E-state index < -0.39 is 0 Å². The number of aromatic amines is 1. The first kappa shape index (κ1) is 11.3. The molecule has 1 heterocycles. The highest BCUT2D eigenvalue weighted by Gasteiger charge is 2.15. The van der Waals surface area contributed by atoms with Gasteiger partial charge in [-0.05, 0) is 42.2 Å². The molecule has 18 heavy (non-hydrogen) atoms. The minimum Gasteiger partial charge on any atom is -0.355 e. The van der Waals surface area contributed by atoms with Gasteiger partial charge in [0.1, 0.15) is 0 Å². The molecule has 0 aliphatic carbocycles. The Balaban J connectivity index is 2.38. The molecule has 1 heteroatoms. The molecule has 1 aromatic heterocycles. The molecule has 0 bridgehead atoms. The second-order valence-corrected chi connectivity index (χ2v) is 6.18. The zero-order valence-electron chi connectivity index (χ0n) is 11.5. The lowest BCUT2D eigenvalue weighted by molar-refractivity contribution is 0.591. The standard InChI is InChI=1S/C17H19N/c1-11-5-7-15-13(9-11)14-10-12(17(2,3)4)6-8-16(14)18-15/h5-10,18H,1-4H3. The third kappa shape index (κ3) is 1.71. The van der Waals surface area contributed by atoms with Crippen LogP contribution in [0, 0.1) is 6.92 Å². The molecule has 0 saturated carbocycles. The molecule has 2 aromatic carbocycles. The van der Waals surface area contributed by atoms with Crippen molar-refractivity contribution in [1.82, 2.24) is 4.98 Å². The maximum Gasteiger partial charge on any atom is 0.0465 e. The predicted octanol–water partition coefficient (Wildman–Crippen LogP) is 4.93. The number of hydrogen-bond acceptors (Lipinski definition) is 0. The van der Waals surface area contributed by atoms with Gasteiger partial charge in [-0.25, -0.2) is 0 Å². The van der Waals surface area contributed by atoms with Gasteiger partial charge in [-0.15, -0.1) is 0 Å². The SMILES string of the molecule is Cc1ccc2[nH]c3ccc(C(C)(C)C)cc3c2c1. The Hall–Kier alpha value is -1.76. The molecule has 0 radical (unpaired) electrons. The van der Waals surface area contributed by atoms with Crippen molar-refractivity contribution in [3.8, 4) is 0 Å². The maximum atomic E-state index is 3.48. The topological polar surface area (TPSA) is 15.8 Å². The summed E-state index contributed by atoms with van der Waals surface area (Å²) in [6.07, 6.45) is 0. The minimum atomic E-state index is 0.196. The molecule has 0 aliphatic heterocycles. The van der Waals surface area contributed by atoms with Crippen molar-refractivity contribution >= 4 is 21.8 Å². The monoisotopic (exact) mass is 237 g/mol. The van der Waals surface area contributed by atoms with Gasteiger partial charge in [0.05, 0.1) is 0 Å². The van der Waals surface area contributed by atoms with E-state index >= 15 is 0 Å². The number of rotatable bonds is 0. The summed E-state index contributed by atoms with van der Waals surface area (Å²) < 4.78 is 0. The number of benzene rings is 2. The van der Waals surface area contributed by atoms with E-state index in [2.05, 4.69) is 69.1 Å². The van der Waals surface area contributed by atoms with Crippen molar-refractivity contribution in [3.05, 3.63) is 47.5 Å². The lowest BCUT2D eigenvalue weighted by Crippen LogP contribution is -2.10. The highest BCUT2D eigenvalue weighted by Crippen LogP contribution is 2.31. The number of hydrogen-bond donors (Lipinski definition) is 1. The van der Waals surface area contributed by atoms with Crippen LogP contribution >= 0.6 is 0 Å². The van der Waals surface area contributed by atoms with Crippen molar-refractivity contribution in [2.24, 2.45) is 0 Å². The molecule has 0 fully saturated rings. The van der Waals surface area contributed by atoms with Gasteiger partial charge in [0.25, 0.3) is 0 Å². The summed E-state index contributed by atoms with van der Waals surface area (Å²) in [5, 5.41) is 2.66. The third-order valence-electron chi connectivity index (χ3n) is 3.62. The highest BCUT2D eigenvalue weighted by molar-refractivity contribution is 6.07. The largest absolute Gasteiger partial charge is 0.355 e. The number of nitrogens with one attached hydrogen (secondary N) is 1. The van der Waals surface area contributed by atoms with Crippen LogP contribution < -0.4 is 0 Å². The fraction of sp³-hybridized carbons (Fsp3) is 0.294. The Kier molecular flexibility index (Phi) is 2.28. The van der Waals surface area contributed by atoms with Crippen LogP contribution in [-0.4, -0.2) is 4.98 Å². The zero-order chi connectivity index (χ0) is 12.9. The van der Waals surface area contributed by atoms with Gasteiger partial charge >= 0.3 is 0 Å². The van der Waals surface area contributed by atoms with Gasteiger partial charge < -0.3 is 4.98 Å². The molecule has 0 atom stereocenters. The number of aromatic nitrogens is 1. The molecule has 0 saturated heterocycles. The summed E-state index contributed by atoms with van der Waals surface area (Å²) >= 11 is 0. The first-order chi connectivity index (χ1) is 8.45. The van der Waals surface area contributed by atoms with Crippen molar-refractivity contribution < 1.29 is 0 Å². The summed E-state index contributed by atoms with van der Waals surface area (Å²) in [6, 6.07) is 13.3. The van der Waals surface area contributed by atoms with Crippen LogP contribution in [0.3, 0.4) is 0 Å². The van der Waals surface area contributed by atoms with E-state index in [1.165, 1.54) is 32.9 Å². The smallest absolute Gasteiger partial charge is 0.0465 e. The van der Waals surface area contributed by atoms with Gasteiger partial charge in [0.2, 0.25) is 0 Å². The summed E-state index contributed by atoms with van der Waals surface area (Å²) in [6.45, 7) is 8.92. The summed E-state index contributed by atoms with van der Waals surface area (Å²) in [7, 11) is 0. The summed E-state index contributed by atoms with van der Waals surface area (Å²) in [4.78, 5) is 3.48. The molecule has 92 valence electrons. The minimum absolute atomic E-state index is 0.196. The van der Waals surface area contributed by atoms with Crippen molar-refractivity contribution in [1.29, 1.82) is 0 Å². The molecule has 3 aromatic rings. The van der Waals surface area contributed by atoms with Crippen LogP contribution in [0.5, 0.6) is 0 Å². The van der Waals surface area contributed by atoms with E-state index in [0.717, 1.165) is 0 Å². The van der Waals surface area contributed by atoms with E-state index in [0.29, 0.717) is 0 Å². The van der Waals surface area contributed by atoms with Gasteiger partial charge in [0.15, 0.2) is 0 Å². The fourth-order valence-electron chi connectivity index (χ4n) is 2.48. The Morgan fingerprint density at radius 3 is 2.11 bits per heavy atom. The normalized spacial score (nSPS) is 12.4. The fourth-order valence-corrected chi connectivity index (χ4v) is 2.48. The van der Waals surface area contributed by atoms with Crippen LogP contribution in [0.1, 0.15) is 31.9 Å². The Bertz CT molecular complexity index is 726. The van der Waals surface area contributed by atoms with E-state index in [1.54, 1.807) is 0 Å². The molecule has 1 N–H and O–H groups in total. The van der Waals surface area contributed by atoms with Crippen molar-refractivity contribution in [3.63, 3.8) is 0 Å². The predicted molar refractivity (Wildman–Crippen MR) is 79.2 cm³/mol. The van der Waals surface area contributed by atoms with Gasteiger partial charge in [-0.3, -0.25) is 0 Å². The molecule has 0 amide bonds. The van der Waals surface area contributed by atoms with Crippen LogP contribution in [0.15, 0.2) is 36.4 Å². The number of fused-ring (bicyclic) bond motifs is 3. The van der Waals surface area contributed by atoms with E-state index in [-0.39, 0.29) is 5.41 Å². The Labute approximate surface area is 108 Å². The van der Waals surface area contributed by atoms with Crippen LogP contribution in [-0.2, 0) is 5.41 Å². The number of H-pyrrole nitrogens is 1. The lowest BCUT2D eigenvalue weighted by atomic mass is 9.86. The molecular weight excluding hydrogens is 218 g/mol. The molecule has 0 spiro atoms. The van der Waals surface area contributed by atoms with Crippen LogP contribution in [0.4, 0.5) is 0 Å². The Morgan fingerprint density at radius 2 is 1.44 bits per heavy atom. The van der Waals surface area contributed by atoms with Crippen molar-refractivity contribution in [2.45, 2.75) is 33.1 Å². The molecule has 1 nitrogen and oxygen atoms in total.